The predicted octanol–water partition coefficient (Wildman–Crippen LogP) is -0.870. The van der Waals surface area contributed by atoms with Crippen molar-refractivity contribution in [1.29, 1.82) is 0 Å². The van der Waals surface area contributed by atoms with Crippen molar-refractivity contribution < 1.29 is 9.90 Å². The van der Waals surface area contributed by atoms with Gasteiger partial charge < -0.3 is 16.2 Å². The molecule has 0 amide bonds. The molecule has 0 radical (unpaired) electrons. The zero-order chi connectivity index (χ0) is 10.4. The first-order valence-corrected chi connectivity index (χ1v) is 4.40. The average Bonchev–Trinajstić information content (AvgIpc) is 2.61. The highest BCUT2D eigenvalue weighted by atomic mass is 16.4. The second kappa shape index (κ2) is 5.36. The van der Waals surface area contributed by atoms with E-state index in [0.717, 1.165) is 13.1 Å². The molecule has 6 heteroatoms. The van der Waals surface area contributed by atoms with Crippen LogP contribution >= 0.6 is 0 Å². The summed E-state index contributed by atoms with van der Waals surface area (Å²) < 4.78 is 1.59. The number of carboxylic acid groups (broad SMARTS) is 1. The van der Waals surface area contributed by atoms with Gasteiger partial charge in [0.05, 0.1) is 18.3 Å². The fraction of sp³-hybridized carbons (Fsp3) is 0.500. The molecule has 0 bridgehead atoms. The highest BCUT2D eigenvalue weighted by molar-refractivity contribution is 5.86. The van der Waals surface area contributed by atoms with E-state index in [9.17, 15) is 4.79 Å². The molecule has 4 N–H and O–H groups in total. The molecule has 0 saturated heterocycles. The largest absolute Gasteiger partial charge is 0.478 e. The van der Waals surface area contributed by atoms with Gasteiger partial charge in [0, 0.05) is 25.8 Å². The highest BCUT2D eigenvalue weighted by Crippen LogP contribution is 1.96. The second-order valence-electron chi connectivity index (χ2n) is 2.84. The van der Waals surface area contributed by atoms with Crippen LogP contribution in [0, 0.1) is 0 Å². The third kappa shape index (κ3) is 3.15. The van der Waals surface area contributed by atoms with Crippen molar-refractivity contribution in [2.24, 2.45) is 5.73 Å². The van der Waals surface area contributed by atoms with E-state index >= 15 is 0 Å². The molecule has 14 heavy (non-hydrogen) atoms. The normalized spacial score (nSPS) is 10.4. The van der Waals surface area contributed by atoms with Crippen LogP contribution in [0.25, 0.3) is 0 Å². The predicted molar refractivity (Wildman–Crippen MR) is 51.1 cm³/mol. The summed E-state index contributed by atoms with van der Waals surface area (Å²) in [5.41, 5.74) is 5.50. The van der Waals surface area contributed by atoms with E-state index in [1.54, 1.807) is 4.68 Å². The van der Waals surface area contributed by atoms with Crippen LogP contribution in [0.5, 0.6) is 0 Å². The Bertz CT molecular complexity index is 297. The lowest BCUT2D eigenvalue weighted by atomic mass is 10.4. The summed E-state index contributed by atoms with van der Waals surface area (Å²) in [7, 11) is 0. The quantitative estimate of drug-likeness (QED) is 0.517. The zero-order valence-corrected chi connectivity index (χ0v) is 7.81. The number of carbonyl (C=O) groups is 1. The summed E-state index contributed by atoms with van der Waals surface area (Å²) >= 11 is 0. The molecule has 6 nitrogen and oxygen atoms in total. The van der Waals surface area contributed by atoms with Gasteiger partial charge in [-0.3, -0.25) is 4.68 Å². The Balaban J connectivity index is 2.33. The first kappa shape index (κ1) is 10.7. The van der Waals surface area contributed by atoms with Crippen LogP contribution in [0.4, 0.5) is 0 Å². The standard InChI is InChI=1S/C8H14N4O2/c9-1-2-10-3-4-12-6-7(5-11-12)8(13)14/h5-6,10H,1-4,9H2,(H,13,14). The third-order valence-electron chi connectivity index (χ3n) is 1.72. The van der Waals surface area contributed by atoms with Crippen molar-refractivity contribution in [2.75, 3.05) is 19.6 Å². The molecular formula is C8H14N4O2. The molecule has 0 fully saturated rings. The summed E-state index contributed by atoms with van der Waals surface area (Å²) in [4.78, 5) is 10.5. The number of hydrogen-bond acceptors (Lipinski definition) is 4. The minimum atomic E-state index is -0.953. The van der Waals surface area contributed by atoms with Gasteiger partial charge in [-0.15, -0.1) is 0 Å². The number of hydrogen-bond donors (Lipinski definition) is 3. The maximum absolute atomic E-state index is 10.5. The lowest BCUT2D eigenvalue weighted by molar-refractivity contribution is 0.0697. The van der Waals surface area contributed by atoms with Gasteiger partial charge in [-0.1, -0.05) is 0 Å². The van der Waals surface area contributed by atoms with Crippen LogP contribution in [0.3, 0.4) is 0 Å². The molecule has 0 saturated carbocycles. The van der Waals surface area contributed by atoms with E-state index in [4.69, 9.17) is 10.8 Å². The Morgan fingerprint density at radius 3 is 3.00 bits per heavy atom. The first-order chi connectivity index (χ1) is 6.74. The molecule has 78 valence electrons. The highest BCUT2D eigenvalue weighted by Gasteiger charge is 2.04. The Morgan fingerprint density at radius 1 is 1.64 bits per heavy atom. The van der Waals surface area contributed by atoms with E-state index < -0.39 is 5.97 Å². The van der Waals surface area contributed by atoms with Crippen LogP contribution < -0.4 is 11.1 Å². The van der Waals surface area contributed by atoms with Gasteiger partial charge in [-0.25, -0.2) is 4.79 Å². The Hall–Kier alpha value is -1.40. The lowest BCUT2D eigenvalue weighted by Gasteiger charge is -2.02. The van der Waals surface area contributed by atoms with Gasteiger partial charge in [-0.05, 0) is 0 Å². The van der Waals surface area contributed by atoms with Crippen LogP contribution in [0.1, 0.15) is 10.4 Å². The molecule has 0 aromatic carbocycles. The lowest BCUT2D eigenvalue weighted by Crippen LogP contribution is -2.26. The van der Waals surface area contributed by atoms with Crippen LogP contribution in [0.2, 0.25) is 0 Å². The number of aromatic carboxylic acids is 1. The van der Waals surface area contributed by atoms with Crippen molar-refractivity contribution in [3.8, 4) is 0 Å². The van der Waals surface area contributed by atoms with Gasteiger partial charge in [0.1, 0.15) is 0 Å². The molecule has 1 aromatic heterocycles. The molecule has 0 aliphatic rings. The Kier molecular flexibility index (Phi) is 4.09. The van der Waals surface area contributed by atoms with Crippen molar-refractivity contribution in [3.05, 3.63) is 18.0 Å². The van der Waals surface area contributed by atoms with E-state index in [1.165, 1.54) is 12.4 Å². The SMILES string of the molecule is NCCNCCn1cc(C(=O)O)cn1. The summed E-state index contributed by atoms with van der Waals surface area (Å²) in [5, 5.41) is 15.6. The molecule has 0 aliphatic carbocycles. The number of nitrogens with one attached hydrogen (secondary N) is 1. The second-order valence-corrected chi connectivity index (χ2v) is 2.84. The Labute approximate surface area is 81.7 Å². The topological polar surface area (TPSA) is 93.2 Å². The van der Waals surface area contributed by atoms with E-state index in [-0.39, 0.29) is 5.56 Å². The summed E-state index contributed by atoms with van der Waals surface area (Å²) in [6, 6.07) is 0. The van der Waals surface area contributed by atoms with E-state index in [1.807, 2.05) is 0 Å². The third-order valence-corrected chi connectivity index (χ3v) is 1.72. The van der Waals surface area contributed by atoms with Crippen molar-refractivity contribution in [3.63, 3.8) is 0 Å². The summed E-state index contributed by atoms with van der Waals surface area (Å²) in [6.07, 6.45) is 2.84. The minimum Gasteiger partial charge on any atom is -0.478 e. The van der Waals surface area contributed by atoms with Gasteiger partial charge in [0.15, 0.2) is 0 Å². The molecular weight excluding hydrogens is 184 g/mol. The molecule has 1 heterocycles. The van der Waals surface area contributed by atoms with Crippen LogP contribution in [0.15, 0.2) is 12.4 Å². The molecule has 0 atom stereocenters. The number of rotatable bonds is 6. The molecule has 1 rings (SSSR count). The molecule has 0 unspecified atom stereocenters. The van der Waals surface area contributed by atoms with Crippen molar-refractivity contribution >= 4 is 5.97 Å². The van der Waals surface area contributed by atoms with E-state index in [0.29, 0.717) is 13.1 Å². The smallest absolute Gasteiger partial charge is 0.338 e. The fourth-order valence-electron chi connectivity index (χ4n) is 1.02. The van der Waals surface area contributed by atoms with Crippen molar-refractivity contribution in [1.82, 2.24) is 15.1 Å². The van der Waals surface area contributed by atoms with Crippen LogP contribution in [-0.4, -0.2) is 40.5 Å². The van der Waals surface area contributed by atoms with Gasteiger partial charge in [0.25, 0.3) is 0 Å². The fourth-order valence-corrected chi connectivity index (χ4v) is 1.02. The van der Waals surface area contributed by atoms with Gasteiger partial charge >= 0.3 is 5.97 Å². The molecule has 0 aliphatic heterocycles. The average molecular weight is 198 g/mol. The van der Waals surface area contributed by atoms with Crippen molar-refractivity contribution in [2.45, 2.75) is 6.54 Å². The number of aromatic nitrogens is 2. The van der Waals surface area contributed by atoms with Crippen LogP contribution in [-0.2, 0) is 6.54 Å². The maximum atomic E-state index is 10.5. The molecule has 1 aromatic rings. The maximum Gasteiger partial charge on any atom is 0.338 e. The molecule has 0 spiro atoms. The monoisotopic (exact) mass is 198 g/mol. The number of carboxylic acids is 1. The van der Waals surface area contributed by atoms with Gasteiger partial charge in [-0.2, -0.15) is 5.10 Å². The Morgan fingerprint density at radius 2 is 2.43 bits per heavy atom. The summed E-state index contributed by atoms with van der Waals surface area (Å²) in [5.74, 6) is -0.953. The minimum absolute atomic E-state index is 0.212. The van der Waals surface area contributed by atoms with E-state index in [2.05, 4.69) is 10.4 Å². The zero-order valence-electron chi connectivity index (χ0n) is 7.81. The first-order valence-electron chi connectivity index (χ1n) is 4.40. The summed E-state index contributed by atoms with van der Waals surface area (Å²) in [6.45, 7) is 2.73. The number of nitrogens with zero attached hydrogens (tertiary/aromatic N) is 2. The van der Waals surface area contributed by atoms with Gasteiger partial charge in [0.2, 0.25) is 0 Å². The number of nitrogens with two attached hydrogens (primary N) is 1.